The Bertz CT molecular complexity index is 2090. The van der Waals surface area contributed by atoms with Crippen LogP contribution in [0.2, 0.25) is 18.1 Å². The molecule has 1 aromatic heterocycles. The summed E-state index contributed by atoms with van der Waals surface area (Å²) in [7, 11) is -2.93. The summed E-state index contributed by atoms with van der Waals surface area (Å²) in [6.07, 6.45) is 1.99. The number of hydrogen-bond acceptors (Lipinski definition) is 9. The highest BCUT2D eigenvalue weighted by atomic mass is 28.4. The fourth-order valence-electron chi connectivity index (χ4n) is 7.64. The van der Waals surface area contributed by atoms with Gasteiger partial charge in [0, 0.05) is 23.6 Å². The number of aromatic nitrogens is 1. The average molecular weight is 737 g/mol. The lowest BCUT2D eigenvalue weighted by Crippen LogP contribution is -2.68. The van der Waals surface area contributed by atoms with Gasteiger partial charge in [-0.2, -0.15) is 0 Å². The van der Waals surface area contributed by atoms with E-state index in [4.69, 9.17) is 18.4 Å². The van der Waals surface area contributed by atoms with E-state index < -0.39 is 60.0 Å². The number of nitrogens with zero attached hydrogens (tertiary/aromatic N) is 1. The second-order valence-corrected chi connectivity index (χ2v) is 20.3. The van der Waals surface area contributed by atoms with E-state index in [1.165, 1.54) is 12.1 Å². The largest absolute Gasteiger partial charge is 0.507 e. The molecule has 11 heteroatoms. The Morgan fingerprint density at radius 1 is 0.981 bits per heavy atom. The molecule has 4 aromatic rings. The van der Waals surface area contributed by atoms with Crippen LogP contribution in [-0.4, -0.2) is 42.3 Å². The molecule has 0 unspecified atom stereocenters. The van der Waals surface area contributed by atoms with Crippen molar-refractivity contribution in [1.29, 1.82) is 0 Å². The topological polar surface area (TPSA) is 120 Å². The van der Waals surface area contributed by atoms with Crippen LogP contribution in [0, 0.1) is 17.7 Å². The second kappa shape index (κ2) is 13.9. The summed E-state index contributed by atoms with van der Waals surface area (Å²) < 4.78 is 41.1. The summed E-state index contributed by atoms with van der Waals surface area (Å²) >= 11 is 0. The summed E-state index contributed by atoms with van der Waals surface area (Å²) in [6, 6.07) is 21.0. The first kappa shape index (κ1) is 36.5. The van der Waals surface area contributed by atoms with Gasteiger partial charge in [-0.25, -0.2) is 4.39 Å². The first-order valence-electron chi connectivity index (χ1n) is 18.0. The van der Waals surface area contributed by atoms with Crippen molar-refractivity contribution >= 4 is 25.6 Å². The Kier molecular flexibility index (Phi) is 9.54. The van der Waals surface area contributed by atoms with E-state index in [2.05, 4.69) is 17.1 Å². The van der Waals surface area contributed by atoms with Crippen LogP contribution < -0.4 is 14.8 Å². The van der Waals surface area contributed by atoms with E-state index in [-0.39, 0.29) is 65.7 Å². The van der Waals surface area contributed by atoms with Gasteiger partial charge in [0.25, 0.3) is 5.88 Å². The maximum atomic E-state index is 15.7. The van der Waals surface area contributed by atoms with Gasteiger partial charge in [-0.05, 0) is 65.3 Å². The van der Waals surface area contributed by atoms with E-state index in [9.17, 15) is 5.11 Å². The number of ether oxygens (including phenoxy) is 2. The van der Waals surface area contributed by atoms with E-state index in [0.29, 0.717) is 6.54 Å². The number of carbonyl (C=O) groups excluding carboxylic acids is 2. The lowest BCUT2D eigenvalue weighted by molar-refractivity contribution is -0.138. The van der Waals surface area contributed by atoms with Gasteiger partial charge in [0.1, 0.15) is 36.1 Å². The molecule has 4 atom stereocenters. The van der Waals surface area contributed by atoms with Crippen LogP contribution in [-0.2, 0) is 28.9 Å². The fourth-order valence-corrected chi connectivity index (χ4v) is 9.09. The quantitative estimate of drug-likeness (QED) is 0.0888. The number of halogens is 1. The maximum Gasteiger partial charge on any atom is 0.265 e. The van der Waals surface area contributed by atoms with Crippen molar-refractivity contribution in [2.45, 2.75) is 76.6 Å². The highest BCUT2D eigenvalue weighted by Gasteiger charge is 2.68. The van der Waals surface area contributed by atoms with Crippen molar-refractivity contribution in [3.05, 3.63) is 130 Å². The lowest BCUT2D eigenvalue weighted by Gasteiger charge is -2.54. The number of benzene rings is 3. The number of fused-ring (bicyclic) bond motifs is 4. The smallest absolute Gasteiger partial charge is 0.265 e. The number of aliphatic hydroxyl groups is 1. The predicted molar refractivity (Wildman–Crippen MR) is 201 cm³/mol. The molecule has 0 radical (unpaired) electrons. The predicted octanol–water partition coefficient (Wildman–Crippen LogP) is 8.48. The van der Waals surface area contributed by atoms with Crippen molar-refractivity contribution in [2.24, 2.45) is 11.8 Å². The molecule has 0 amide bonds. The zero-order chi connectivity index (χ0) is 37.7. The molecule has 0 saturated heterocycles. The molecule has 1 fully saturated rings. The van der Waals surface area contributed by atoms with Crippen LogP contribution in [0.3, 0.4) is 0 Å². The molecule has 0 aliphatic heterocycles. The Hall–Kier alpha value is -4.84. The van der Waals surface area contributed by atoms with Gasteiger partial charge in [0.15, 0.2) is 19.7 Å². The molecular formula is C42H45FN2O7Si. The molecule has 9 nitrogen and oxygen atoms in total. The number of Topliss-reactive ketones (excluding diaryl/α,β-unsaturated/α-hetero) is 2. The third-order valence-electron chi connectivity index (χ3n) is 11.3. The van der Waals surface area contributed by atoms with Gasteiger partial charge in [-0.3, -0.25) is 9.59 Å². The Morgan fingerprint density at radius 3 is 2.25 bits per heavy atom. The summed E-state index contributed by atoms with van der Waals surface area (Å²) in [5, 5.41) is 19.4. The molecule has 1 heterocycles. The van der Waals surface area contributed by atoms with E-state index in [0.717, 1.165) is 11.1 Å². The highest BCUT2D eigenvalue weighted by molar-refractivity contribution is 6.74. The molecule has 2 N–H and O–H groups in total. The fraction of sp³-hybridized carbons (Fsp3) is 0.357. The van der Waals surface area contributed by atoms with Crippen molar-refractivity contribution in [3.63, 3.8) is 0 Å². The third-order valence-corrected chi connectivity index (χ3v) is 15.8. The second-order valence-electron chi connectivity index (χ2n) is 15.6. The van der Waals surface area contributed by atoms with Crippen LogP contribution in [0.25, 0.3) is 5.76 Å². The minimum absolute atomic E-state index is 0.0264. The van der Waals surface area contributed by atoms with Gasteiger partial charge in [0.05, 0.1) is 11.6 Å². The van der Waals surface area contributed by atoms with Crippen LogP contribution in [0.15, 0.2) is 95.5 Å². The van der Waals surface area contributed by atoms with Crippen LogP contribution in [0.1, 0.15) is 71.6 Å². The summed E-state index contributed by atoms with van der Waals surface area (Å²) in [4.78, 5) is 30.9. The zero-order valence-electron chi connectivity index (χ0n) is 30.7. The number of aliphatic hydroxyl groups excluding tert-OH is 1. The van der Waals surface area contributed by atoms with Crippen LogP contribution >= 0.6 is 0 Å². The van der Waals surface area contributed by atoms with Crippen molar-refractivity contribution in [3.8, 4) is 11.6 Å². The normalized spacial score (nSPS) is 22.4. The Balaban J connectivity index is 1.39. The van der Waals surface area contributed by atoms with E-state index in [1.807, 2.05) is 94.5 Å². The van der Waals surface area contributed by atoms with Gasteiger partial charge < -0.3 is 28.8 Å². The molecule has 53 heavy (non-hydrogen) atoms. The third kappa shape index (κ3) is 6.24. The minimum atomic E-state index is -2.93. The molecule has 7 rings (SSSR count). The van der Waals surface area contributed by atoms with E-state index in [1.54, 1.807) is 6.08 Å². The van der Waals surface area contributed by atoms with Gasteiger partial charge in [0.2, 0.25) is 11.6 Å². The van der Waals surface area contributed by atoms with Gasteiger partial charge in [-0.15, -0.1) is 6.58 Å². The van der Waals surface area contributed by atoms with Gasteiger partial charge >= 0.3 is 0 Å². The number of hydrogen-bond donors (Lipinski definition) is 2. The van der Waals surface area contributed by atoms with Crippen LogP contribution in [0.5, 0.6) is 11.6 Å². The molecule has 3 aliphatic rings. The minimum Gasteiger partial charge on any atom is -0.507 e. The monoisotopic (exact) mass is 736 g/mol. The maximum absolute atomic E-state index is 15.7. The molecule has 0 spiro atoms. The first-order valence-corrected chi connectivity index (χ1v) is 20.9. The number of carbonyl (C=O) groups is 2. The van der Waals surface area contributed by atoms with Crippen molar-refractivity contribution in [1.82, 2.24) is 10.5 Å². The van der Waals surface area contributed by atoms with E-state index >= 15 is 14.0 Å². The molecule has 1 saturated carbocycles. The highest BCUT2D eigenvalue weighted by Crippen LogP contribution is 2.58. The SMILES string of the molecule is C=CCN[C@@H]1c2onc(OCc3ccccc3)c2C(=O)[C@@]2(O[Si](C)(C)C(C)(C)C)C(=O)C3=C(O)c4c(OCc5ccccc5)ccc(F)c4C[C@H]3C[C@@H]12. The first-order chi connectivity index (χ1) is 25.3. The van der Waals surface area contributed by atoms with Crippen molar-refractivity contribution in [2.75, 3.05) is 6.54 Å². The lowest BCUT2D eigenvalue weighted by atomic mass is 9.57. The summed E-state index contributed by atoms with van der Waals surface area (Å²) in [5.41, 5.74) is 0.0738. The molecule has 0 bridgehead atoms. The Morgan fingerprint density at radius 2 is 1.62 bits per heavy atom. The molecule has 276 valence electrons. The zero-order valence-corrected chi connectivity index (χ0v) is 31.7. The van der Waals surface area contributed by atoms with Crippen molar-refractivity contribution < 1.29 is 37.5 Å². The summed E-state index contributed by atoms with van der Waals surface area (Å²) in [5.74, 6) is -3.20. The van der Waals surface area contributed by atoms with Gasteiger partial charge in [-0.1, -0.05) is 87.5 Å². The molecule has 3 aliphatic carbocycles. The molecular weight excluding hydrogens is 692 g/mol. The standard InChI is InChI=1S/C42H45FN2O7Si/c1-7-20-44-35-29-22-27-21-28-30(43)18-19-31(49-23-25-14-10-8-11-15-25)33(28)36(46)32(27)38(47)42(29,52-53(5,6)41(2,3)4)39(48)34-37(35)51-45-40(34)50-24-26-16-12-9-13-17-26/h7-19,27,29,35,44,46H,1,20-24H2,2-6H3/t27-,29-,35-,42-/m0/s1. The number of ketones is 2. The molecule has 3 aromatic carbocycles. The van der Waals surface area contributed by atoms with Crippen LogP contribution in [0.4, 0.5) is 4.39 Å². The average Bonchev–Trinajstić information content (AvgIpc) is 3.56. The number of rotatable bonds is 11. The Labute approximate surface area is 310 Å². The summed E-state index contributed by atoms with van der Waals surface area (Å²) in [6.45, 7) is 14.5. The number of nitrogens with one attached hydrogen (secondary N) is 1.